The fraction of sp³-hybridized carbons (Fsp3) is 0.267. The average molecular weight is 251 g/mol. The minimum Gasteiger partial charge on any atom is -0.497 e. The minimum atomic E-state index is -3.14. The number of hydrogen-bond donors (Lipinski definition) is 0. The summed E-state index contributed by atoms with van der Waals surface area (Å²) in [4.78, 5) is 12.2. The van der Waals surface area contributed by atoms with Crippen molar-refractivity contribution in [1.82, 2.24) is 0 Å². The molecule has 0 aromatic heterocycles. The summed E-state index contributed by atoms with van der Waals surface area (Å²) < 4.78 is 61.3. The smallest absolute Gasteiger partial charge is 0.312 e. The van der Waals surface area contributed by atoms with Gasteiger partial charge < -0.3 is 9.47 Å². The summed E-state index contributed by atoms with van der Waals surface area (Å²) >= 11 is 0. The normalized spacial score (nSPS) is 21.1. The molecule has 2 aromatic carbocycles. The van der Waals surface area contributed by atoms with Crippen LogP contribution >= 0.6 is 0 Å². The van der Waals surface area contributed by atoms with E-state index in [1.54, 1.807) is 18.2 Å². The lowest BCUT2D eigenvalue weighted by atomic mass is 9.98. The van der Waals surface area contributed by atoms with E-state index in [4.69, 9.17) is 14.3 Å². The van der Waals surface area contributed by atoms with Crippen molar-refractivity contribution in [3.8, 4) is 5.75 Å². The Kier molecular flexibility index (Phi) is 1.76. The van der Waals surface area contributed by atoms with Crippen molar-refractivity contribution < 1.29 is 23.9 Å². The Morgan fingerprint density at radius 2 is 2.06 bits per heavy atom. The van der Waals surface area contributed by atoms with Crippen molar-refractivity contribution in [3.05, 3.63) is 42.0 Å². The van der Waals surface area contributed by atoms with E-state index in [1.165, 1.54) is 25.3 Å². The summed E-state index contributed by atoms with van der Waals surface area (Å²) in [5.41, 5.74) is -0.181. The number of esters is 1. The van der Waals surface area contributed by atoms with Crippen LogP contribution in [0.15, 0.2) is 36.4 Å². The van der Waals surface area contributed by atoms with Gasteiger partial charge in [0.25, 0.3) is 0 Å². The number of carbonyl (C=O) groups is 1. The molecule has 2 aromatic rings. The van der Waals surface area contributed by atoms with Crippen molar-refractivity contribution in [2.75, 3.05) is 14.1 Å². The Hall–Kier alpha value is -2.03. The van der Waals surface area contributed by atoms with Gasteiger partial charge in [0.2, 0.25) is 0 Å². The number of fused-ring (bicyclic) bond motifs is 1. The second kappa shape index (κ2) is 5.08. The van der Waals surface area contributed by atoms with E-state index >= 15 is 0 Å². The van der Waals surface area contributed by atoms with E-state index in [1.807, 2.05) is 0 Å². The summed E-state index contributed by atoms with van der Waals surface area (Å²) in [6, 6.07) is 9.18. The Labute approximate surface area is 116 Å². The number of methoxy groups -OCH3 is 2. The summed E-state index contributed by atoms with van der Waals surface area (Å²) in [7, 11) is -1.64. The molecule has 0 bridgehead atoms. The Morgan fingerprint density at radius 3 is 2.78 bits per heavy atom. The zero-order chi connectivity index (χ0) is 19.0. The number of hydrogen-bond acceptors (Lipinski definition) is 3. The van der Waals surface area contributed by atoms with E-state index in [0.29, 0.717) is 16.5 Å². The lowest BCUT2D eigenvalue weighted by molar-refractivity contribution is -0.141. The van der Waals surface area contributed by atoms with Gasteiger partial charge in [-0.2, -0.15) is 0 Å². The topological polar surface area (TPSA) is 35.5 Å². The first-order chi connectivity index (χ1) is 11.4. The third-order valence-corrected chi connectivity index (χ3v) is 2.63. The lowest BCUT2D eigenvalue weighted by Gasteiger charge is -2.10. The van der Waals surface area contributed by atoms with E-state index < -0.39 is 25.8 Å². The molecule has 0 aliphatic carbocycles. The lowest BCUT2D eigenvalue weighted by Crippen LogP contribution is -2.10. The van der Waals surface area contributed by atoms with Gasteiger partial charge in [-0.25, -0.2) is 0 Å². The largest absolute Gasteiger partial charge is 0.497 e. The molecule has 1 atom stereocenters. The predicted octanol–water partition coefficient (Wildman–Crippen LogP) is 3.12. The summed E-state index contributed by atoms with van der Waals surface area (Å²) in [5.74, 6) is -3.93. The highest BCUT2D eigenvalue weighted by atomic mass is 16.5. The fourth-order valence-electron chi connectivity index (χ4n) is 1.68. The van der Waals surface area contributed by atoms with Gasteiger partial charge in [-0.05, 0) is 35.3 Å². The fourth-order valence-corrected chi connectivity index (χ4v) is 1.68. The van der Waals surface area contributed by atoms with Crippen LogP contribution in [0.25, 0.3) is 10.8 Å². The molecular weight excluding hydrogens is 228 g/mol. The van der Waals surface area contributed by atoms with Gasteiger partial charge in [0.1, 0.15) is 5.75 Å². The number of ether oxygens (including phenoxy) is 2. The summed E-state index contributed by atoms with van der Waals surface area (Å²) in [6.07, 6.45) is 0. The van der Waals surface area contributed by atoms with E-state index in [-0.39, 0.29) is 5.56 Å². The third-order valence-electron chi connectivity index (χ3n) is 2.63. The van der Waals surface area contributed by atoms with Crippen molar-refractivity contribution in [2.45, 2.75) is 12.7 Å². The maximum atomic E-state index is 12.2. The standard InChI is InChI=1S/C15H16O3/c1-10(15(16)18-3)11-4-5-13-9-14(17-2)7-6-12(13)8-11/h4-10H,1-3H3/i1D3,3D3,10D. The van der Waals surface area contributed by atoms with Crippen molar-refractivity contribution in [3.63, 3.8) is 0 Å². The SMILES string of the molecule is [2H]C([2H])([2H])OC(=O)C([2H])(c1ccc2cc(OC)ccc2c1)C([2H])([2H])[2H]. The molecule has 1 unspecified atom stereocenters. The Balaban J connectivity index is 2.58. The van der Waals surface area contributed by atoms with Crippen LogP contribution in [0.2, 0.25) is 0 Å². The van der Waals surface area contributed by atoms with Crippen LogP contribution in [0.1, 0.15) is 27.9 Å². The quantitative estimate of drug-likeness (QED) is 0.786. The van der Waals surface area contributed by atoms with Gasteiger partial charge in [0, 0.05) is 5.48 Å². The molecule has 0 aliphatic heterocycles. The summed E-state index contributed by atoms with van der Waals surface area (Å²) in [6.45, 7) is -3.13. The first-order valence-corrected chi connectivity index (χ1v) is 5.20. The predicted molar refractivity (Wildman–Crippen MR) is 70.9 cm³/mol. The van der Waals surface area contributed by atoms with Gasteiger partial charge in [0.05, 0.1) is 24.2 Å². The molecule has 0 heterocycles. The zero-order valence-corrected chi connectivity index (χ0v) is 9.69. The highest BCUT2D eigenvalue weighted by Gasteiger charge is 2.15. The van der Waals surface area contributed by atoms with E-state index in [0.717, 1.165) is 0 Å². The Morgan fingerprint density at radius 1 is 1.28 bits per heavy atom. The molecule has 0 saturated heterocycles. The van der Waals surface area contributed by atoms with Crippen LogP contribution in [-0.2, 0) is 9.53 Å². The number of benzene rings is 2. The second-order valence-corrected chi connectivity index (χ2v) is 3.69. The average Bonchev–Trinajstić information content (AvgIpc) is 2.50. The van der Waals surface area contributed by atoms with Crippen LogP contribution in [-0.4, -0.2) is 20.1 Å². The Bertz CT molecular complexity index is 798. The van der Waals surface area contributed by atoms with Gasteiger partial charge in [-0.15, -0.1) is 0 Å². The molecule has 0 amide bonds. The molecule has 0 saturated carbocycles. The molecule has 0 spiro atoms. The molecule has 0 N–H and O–H groups in total. The second-order valence-electron chi connectivity index (χ2n) is 3.69. The molecule has 3 heteroatoms. The third kappa shape index (κ3) is 2.30. The highest BCUT2D eigenvalue weighted by molar-refractivity contribution is 5.86. The van der Waals surface area contributed by atoms with E-state index in [2.05, 4.69) is 4.74 Å². The molecule has 0 fully saturated rings. The van der Waals surface area contributed by atoms with Crippen LogP contribution < -0.4 is 4.74 Å². The molecule has 3 nitrogen and oxygen atoms in total. The number of carbonyl (C=O) groups excluding carboxylic acids is 1. The van der Waals surface area contributed by atoms with E-state index in [9.17, 15) is 4.79 Å². The first kappa shape index (κ1) is 6.23. The van der Waals surface area contributed by atoms with Gasteiger partial charge in [-0.1, -0.05) is 24.3 Å². The van der Waals surface area contributed by atoms with Gasteiger partial charge >= 0.3 is 5.97 Å². The maximum absolute atomic E-state index is 12.2. The van der Waals surface area contributed by atoms with Crippen LogP contribution in [0.5, 0.6) is 5.75 Å². The number of rotatable bonds is 3. The molecule has 18 heavy (non-hydrogen) atoms. The van der Waals surface area contributed by atoms with Crippen molar-refractivity contribution in [2.24, 2.45) is 0 Å². The van der Waals surface area contributed by atoms with Crippen LogP contribution in [0.4, 0.5) is 0 Å². The van der Waals surface area contributed by atoms with Crippen LogP contribution in [0.3, 0.4) is 0 Å². The first-order valence-electron chi connectivity index (χ1n) is 8.70. The molecule has 2 rings (SSSR count). The van der Waals surface area contributed by atoms with Gasteiger partial charge in [0.15, 0.2) is 0 Å². The minimum absolute atomic E-state index is 0.181. The van der Waals surface area contributed by atoms with Crippen molar-refractivity contribution >= 4 is 16.7 Å². The molecule has 0 aliphatic rings. The monoisotopic (exact) mass is 251 g/mol. The van der Waals surface area contributed by atoms with Crippen molar-refractivity contribution in [1.29, 1.82) is 0 Å². The zero-order valence-electron chi connectivity index (χ0n) is 16.7. The molecule has 0 radical (unpaired) electrons. The maximum Gasteiger partial charge on any atom is 0.312 e. The molecular formula is C15H16O3. The highest BCUT2D eigenvalue weighted by Crippen LogP contribution is 2.25. The van der Waals surface area contributed by atoms with Crippen LogP contribution in [0, 0.1) is 0 Å². The van der Waals surface area contributed by atoms with Gasteiger partial charge in [-0.3, -0.25) is 4.79 Å². The summed E-state index contributed by atoms with van der Waals surface area (Å²) in [5, 5.41) is 1.28. The molecule has 94 valence electrons.